The Morgan fingerprint density at radius 1 is 1.10 bits per heavy atom. The maximum absolute atomic E-state index is 13.2. The van der Waals surface area contributed by atoms with Gasteiger partial charge in [0.1, 0.15) is 17.3 Å². The number of nitrogens with one attached hydrogen (secondary N) is 1. The van der Waals surface area contributed by atoms with E-state index >= 15 is 0 Å². The number of rotatable bonds is 5. The van der Waals surface area contributed by atoms with Crippen LogP contribution in [-0.4, -0.2) is 6.04 Å². The average Bonchev–Trinajstić information content (AvgIpc) is 3.27. The highest BCUT2D eigenvalue weighted by Gasteiger charge is 2.20. The van der Waals surface area contributed by atoms with Gasteiger partial charge >= 0.3 is 0 Å². The zero-order valence-corrected chi connectivity index (χ0v) is 14.4. The van der Waals surface area contributed by atoms with Gasteiger partial charge in [0.25, 0.3) is 0 Å². The Balaban J connectivity index is 1.70. The van der Waals surface area contributed by atoms with Crippen LogP contribution >= 0.6 is 31.9 Å². The molecule has 1 aliphatic rings. The summed E-state index contributed by atoms with van der Waals surface area (Å²) in [4.78, 5) is 0. The van der Waals surface area contributed by atoms with Gasteiger partial charge in [0.2, 0.25) is 0 Å². The second-order valence-corrected chi connectivity index (χ2v) is 6.81. The van der Waals surface area contributed by atoms with Crippen LogP contribution in [0.4, 0.5) is 4.39 Å². The van der Waals surface area contributed by atoms with E-state index in [4.69, 9.17) is 4.74 Å². The van der Waals surface area contributed by atoms with Gasteiger partial charge in [-0.05, 0) is 80.6 Å². The molecule has 1 fully saturated rings. The quantitative estimate of drug-likeness (QED) is 0.707. The van der Waals surface area contributed by atoms with E-state index in [1.54, 1.807) is 12.1 Å². The molecule has 2 aromatic carbocycles. The van der Waals surface area contributed by atoms with Gasteiger partial charge in [-0.25, -0.2) is 4.39 Å². The molecule has 110 valence electrons. The summed E-state index contributed by atoms with van der Waals surface area (Å²) in [6, 6.07) is 11.3. The second-order valence-electron chi connectivity index (χ2n) is 5.10. The van der Waals surface area contributed by atoms with Crippen molar-refractivity contribution in [3.63, 3.8) is 0 Å². The second kappa shape index (κ2) is 6.46. The zero-order valence-electron chi connectivity index (χ0n) is 11.2. The summed E-state index contributed by atoms with van der Waals surface area (Å²) in [5, 5.41) is 3.47. The monoisotopic (exact) mass is 413 g/mol. The predicted molar refractivity (Wildman–Crippen MR) is 88.2 cm³/mol. The Morgan fingerprint density at radius 3 is 2.57 bits per heavy atom. The van der Waals surface area contributed by atoms with Gasteiger partial charge in [-0.3, -0.25) is 0 Å². The van der Waals surface area contributed by atoms with E-state index in [-0.39, 0.29) is 5.82 Å². The van der Waals surface area contributed by atoms with Crippen LogP contribution < -0.4 is 10.1 Å². The Hall–Kier alpha value is -0.910. The number of hydrogen-bond acceptors (Lipinski definition) is 2. The summed E-state index contributed by atoms with van der Waals surface area (Å²) in [6.07, 6.45) is 2.56. The van der Waals surface area contributed by atoms with Crippen molar-refractivity contribution in [2.75, 3.05) is 0 Å². The van der Waals surface area contributed by atoms with E-state index in [0.717, 1.165) is 11.0 Å². The fourth-order valence-corrected chi connectivity index (χ4v) is 2.82. The third-order valence-corrected chi connectivity index (χ3v) is 4.51. The first-order valence-electron chi connectivity index (χ1n) is 6.76. The molecule has 0 aromatic heterocycles. The SMILES string of the molecule is Fc1ccc(Oc2ccc(CNC3CC3)cc2Br)cc1Br. The summed E-state index contributed by atoms with van der Waals surface area (Å²) >= 11 is 6.68. The van der Waals surface area contributed by atoms with Crippen molar-refractivity contribution in [3.8, 4) is 11.5 Å². The molecule has 0 radical (unpaired) electrons. The molecule has 0 spiro atoms. The number of benzene rings is 2. The summed E-state index contributed by atoms with van der Waals surface area (Å²) in [5.41, 5.74) is 1.21. The largest absolute Gasteiger partial charge is 0.456 e. The van der Waals surface area contributed by atoms with Gasteiger partial charge in [0.15, 0.2) is 0 Å². The van der Waals surface area contributed by atoms with E-state index in [1.165, 1.54) is 24.5 Å². The predicted octanol–water partition coefficient (Wildman–Crippen LogP) is 5.40. The minimum atomic E-state index is -0.303. The van der Waals surface area contributed by atoms with E-state index < -0.39 is 0 Å². The van der Waals surface area contributed by atoms with Crippen LogP contribution in [0.1, 0.15) is 18.4 Å². The van der Waals surface area contributed by atoms with Crippen LogP contribution in [0.3, 0.4) is 0 Å². The van der Waals surface area contributed by atoms with E-state index in [1.807, 2.05) is 18.2 Å². The Labute approximate surface area is 140 Å². The number of hydrogen-bond donors (Lipinski definition) is 1. The molecule has 2 aromatic rings. The molecule has 2 nitrogen and oxygen atoms in total. The third kappa shape index (κ3) is 4.05. The van der Waals surface area contributed by atoms with Crippen LogP contribution in [0.2, 0.25) is 0 Å². The molecular weight excluding hydrogens is 401 g/mol. The summed E-state index contributed by atoms with van der Waals surface area (Å²) < 4.78 is 20.3. The van der Waals surface area contributed by atoms with Crippen molar-refractivity contribution in [1.29, 1.82) is 0 Å². The molecule has 1 N–H and O–H groups in total. The van der Waals surface area contributed by atoms with Gasteiger partial charge in [-0.15, -0.1) is 0 Å². The highest BCUT2D eigenvalue weighted by Crippen LogP contribution is 2.32. The van der Waals surface area contributed by atoms with Gasteiger partial charge in [0.05, 0.1) is 8.95 Å². The summed E-state index contributed by atoms with van der Waals surface area (Å²) in [5.74, 6) is 0.999. The van der Waals surface area contributed by atoms with E-state index in [9.17, 15) is 4.39 Å². The average molecular weight is 415 g/mol. The van der Waals surface area contributed by atoms with Crippen LogP contribution in [0.5, 0.6) is 11.5 Å². The van der Waals surface area contributed by atoms with Crippen molar-refractivity contribution < 1.29 is 9.13 Å². The minimum absolute atomic E-state index is 0.303. The highest BCUT2D eigenvalue weighted by atomic mass is 79.9. The van der Waals surface area contributed by atoms with Crippen molar-refractivity contribution in [2.24, 2.45) is 0 Å². The zero-order chi connectivity index (χ0) is 14.8. The first-order chi connectivity index (χ1) is 10.1. The Morgan fingerprint density at radius 2 is 1.90 bits per heavy atom. The molecule has 3 rings (SSSR count). The lowest BCUT2D eigenvalue weighted by Crippen LogP contribution is -2.15. The van der Waals surface area contributed by atoms with Crippen molar-refractivity contribution in [3.05, 3.63) is 56.7 Å². The van der Waals surface area contributed by atoms with Gasteiger partial charge < -0.3 is 10.1 Å². The molecule has 0 amide bonds. The molecule has 0 atom stereocenters. The molecule has 1 aliphatic carbocycles. The molecule has 0 unspecified atom stereocenters. The normalized spacial score (nSPS) is 14.2. The summed E-state index contributed by atoms with van der Waals surface area (Å²) in [7, 11) is 0. The molecule has 0 heterocycles. The molecule has 1 saturated carbocycles. The highest BCUT2D eigenvalue weighted by molar-refractivity contribution is 9.10. The van der Waals surface area contributed by atoms with E-state index in [0.29, 0.717) is 22.0 Å². The van der Waals surface area contributed by atoms with Crippen LogP contribution in [0, 0.1) is 5.82 Å². The number of ether oxygens (including phenoxy) is 1. The van der Waals surface area contributed by atoms with Crippen LogP contribution in [0.15, 0.2) is 45.3 Å². The molecule has 21 heavy (non-hydrogen) atoms. The van der Waals surface area contributed by atoms with E-state index in [2.05, 4.69) is 37.2 Å². The Bertz CT molecular complexity index is 659. The minimum Gasteiger partial charge on any atom is -0.456 e. The first kappa shape index (κ1) is 15.0. The lowest BCUT2D eigenvalue weighted by Gasteiger charge is -2.10. The standard InChI is InChI=1S/C16H14Br2FNO/c17-13-8-12(4-5-15(13)19)21-16-6-1-10(7-14(16)18)9-20-11-2-3-11/h1,4-8,11,20H,2-3,9H2. The lowest BCUT2D eigenvalue weighted by atomic mass is 10.2. The molecular formula is C16H14Br2FNO. The lowest BCUT2D eigenvalue weighted by molar-refractivity contribution is 0.476. The topological polar surface area (TPSA) is 21.3 Å². The van der Waals surface area contributed by atoms with Crippen LogP contribution in [-0.2, 0) is 6.54 Å². The maximum Gasteiger partial charge on any atom is 0.141 e. The maximum atomic E-state index is 13.2. The van der Waals surface area contributed by atoms with Crippen molar-refractivity contribution in [1.82, 2.24) is 5.32 Å². The Kier molecular flexibility index (Phi) is 4.62. The molecule has 0 aliphatic heterocycles. The van der Waals surface area contributed by atoms with Gasteiger partial charge in [0, 0.05) is 12.6 Å². The fourth-order valence-electron chi connectivity index (χ4n) is 1.95. The van der Waals surface area contributed by atoms with Crippen molar-refractivity contribution >= 4 is 31.9 Å². The number of halogens is 3. The van der Waals surface area contributed by atoms with Crippen molar-refractivity contribution in [2.45, 2.75) is 25.4 Å². The smallest absolute Gasteiger partial charge is 0.141 e. The van der Waals surface area contributed by atoms with Crippen LogP contribution in [0.25, 0.3) is 0 Å². The summed E-state index contributed by atoms with van der Waals surface area (Å²) in [6.45, 7) is 0.867. The van der Waals surface area contributed by atoms with Gasteiger partial charge in [-0.2, -0.15) is 0 Å². The third-order valence-electron chi connectivity index (χ3n) is 3.29. The van der Waals surface area contributed by atoms with Gasteiger partial charge in [-0.1, -0.05) is 6.07 Å². The first-order valence-corrected chi connectivity index (χ1v) is 8.35. The molecule has 0 bridgehead atoms. The molecule has 0 saturated heterocycles. The molecule has 5 heteroatoms. The fraction of sp³-hybridized carbons (Fsp3) is 0.250.